The smallest absolute Gasteiger partial charge is 0.328 e. The minimum Gasteiger partial charge on any atom is -0.497 e. The molecule has 5 heteroatoms. The van der Waals surface area contributed by atoms with Crippen LogP contribution in [0.1, 0.15) is 25.0 Å². The third-order valence-corrected chi connectivity index (χ3v) is 4.33. The molecule has 4 nitrogen and oxygen atoms in total. The Hall–Kier alpha value is -1.46. The van der Waals surface area contributed by atoms with Crippen molar-refractivity contribution in [1.82, 2.24) is 0 Å². The molecule has 2 N–H and O–H groups in total. The third-order valence-electron chi connectivity index (χ3n) is 2.94. The van der Waals surface area contributed by atoms with Crippen LogP contribution < -0.4 is 4.74 Å². The van der Waals surface area contributed by atoms with Gasteiger partial charge in [0.2, 0.25) is 0 Å². The van der Waals surface area contributed by atoms with E-state index < -0.39 is 5.97 Å². The highest BCUT2D eigenvalue weighted by molar-refractivity contribution is 7.99. The first-order chi connectivity index (χ1) is 9.43. The SMILES string of the molecule is COc1ccc(/C=C/C(=O)O)c(CSC(C)C(C)O)c1. The van der Waals surface area contributed by atoms with Crippen molar-refractivity contribution in [1.29, 1.82) is 0 Å². The van der Waals surface area contributed by atoms with Gasteiger partial charge in [0, 0.05) is 17.1 Å². The summed E-state index contributed by atoms with van der Waals surface area (Å²) in [5.74, 6) is 0.442. The first-order valence-electron chi connectivity index (χ1n) is 6.31. The van der Waals surface area contributed by atoms with Gasteiger partial charge in [0.1, 0.15) is 5.75 Å². The Morgan fingerprint density at radius 3 is 2.70 bits per heavy atom. The van der Waals surface area contributed by atoms with Gasteiger partial charge in [0.05, 0.1) is 13.2 Å². The van der Waals surface area contributed by atoms with Crippen LogP contribution in [-0.2, 0) is 10.5 Å². The molecule has 1 aromatic rings. The zero-order valence-electron chi connectivity index (χ0n) is 11.9. The molecule has 0 fully saturated rings. The maximum absolute atomic E-state index is 10.6. The lowest BCUT2D eigenvalue weighted by molar-refractivity contribution is -0.131. The molecular formula is C15H20O4S. The molecule has 2 atom stereocenters. The van der Waals surface area contributed by atoms with Gasteiger partial charge in [-0.1, -0.05) is 13.0 Å². The van der Waals surface area contributed by atoms with Crippen molar-refractivity contribution in [3.05, 3.63) is 35.4 Å². The van der Waals surface area contributed by atoms with Gasteiger partial charge in [-0.05, 0) is 36.3 Å². The van der Waals surface area contributed by atoms with Crippen molar-refractivity contribution >= 4 is 23.8 Å². The lowest BCUT2D eigenvalue weighted by Crippen LogP contribution is -2.15. The number of ether oxygens (including phenoxy) is 1. The quantitative estimate of drug-likeness (QED) is 0.757. The second kappa shape index (κ2) is 7.97. The van der Waals surface area contributed by atoms with Crippen molar-refractivity contribution in [2.24, 2.45) is 0 Å². The van der Waals surface area contributed by atoms with E-state index in [4.69, 9.17) is 9.84 Å². The summed E-state index contributed by atoms with van der Waals surface area (Å²) in [6.45, 7) is 3.72. The maximum atomic E-state index is 10.6. The molecule has 0 aliphatic heterocycles. The van der Waals surface area contributed by atoms with Crippen molar-refractivity contribution in [2.75, 3.05) is 7.11 Å². The molecule has 0 radical (unpaired) electrons. The van der Waals surface area contributed by atoms with E-state index in [1.54, 1.807) is 37.9 Å². The number of methoxy groups -OCH3 is 1. The number of hydrogen-bond donors (Lipinski definition) is 2. The molecule has 1 aromatic carbocycles. The number of aliphatic carboxylic acids is 1. The molecule has 0 spiro atoms. The van der Waals surface area contributed by atoms with Crippen LogP contribution in [0.4, 0.5) is 0 Å². The van der Waals surface area contributed by atoms with Crippen LogP contribution >= 0.6 is 11.8 Å². The minimum atomic E-state index is -0.975. The van der Waals surface area contributed by atoms with E-state index in [1.807, 2.05) is 19.1 Å². The average molecular weight is 296 g/mol. The molecule has 0 saturated carbocycles. The van der Waals surface area contributed by atoms with Gasteiger partial charge in [-0.2, -0.15) is 11.8 Å². The summed E-state index contributed by atoms with van der Waals surface area (Å²) < 4.78 is 5.19. The van der Waals surface area contributed by atoms with E-state index in [0.717, 1.165) is 23.0 Å². The van der Waals surface area contributed by atoms with Crippen molar-refractivity contribution in [3.8, 4) is 5.75 Å². The van der Waals surface area contributed by atoms with Gasteiger partial charge in [0.25, 0.3) is 0 Å². The first kappa shape index (κ1) is 16.6. The van der Waals surface area contributed by atoms with Crippen molar-refractivity contribution < 1.29 is 19.7 Å². The zero-order valence-corrected chi connectivity index (χ0v) is 12.7. The average Bonchev–Trinajstić information content (AvgIpc) is 2.42. The molecule has 0 aromatic heterocycles. The molecule has 0 amide bonds. The molecule has 1 rings (SSSR count). The Balaban J connectivity index is 2.91. The highest BCUT2D eigenvalue weighted by atomic mass is 32.2. The fourth-order valence-corrected chi connectivity index (χ4v) is 2.49. The second-order valence-corrected chi connectivity index (χ2v) is 5.86. The Labute approximate surface area is 123 Å². The van der Waals surface area contributed by atoms with Gasteiger partial charge < -0.3 is 14.9 Å². The third kappa shape index (κ3) is 5.27. The van der Waals surface area contributed by atoms with Crippen LogP contribution in [0.15, 0.2) is 24.3 Å². The van der Waals surface area contributed by atoms with E-state index in [-0.39, 0.29) is 11.4 Å². The van der Waals surface area contributed by atoms with E-state index in [2.05, 4.69) is 0 Å². The summed E-state index contributed by atoms with van der Waals surface area (Å²) in [7, 11) is 1.59. The highest BCUT2D eigenvalue weighted by Gasteiger charge is 2.11. The molecule has 110 valence electrons. The topological polar surface area (TPSA) is 66.8 Å². The van der Waals surface area contributed by atoms with Gasteiger partial charge in [-0.3, -0.25) is 0 Å². The van der Waals surface area contributed by atoms with Crippen LogP contribution in [0.3, 0.4) is 0 Å². The second-order valence-electron chi connectivity index (χ2n) is 4.49. The normalized spacial score (nSPS) is 14.2. The number of aliphatic hydroxyl groups is 1. The van der Waals surface area contributed by atoms with Crippen LogP contribution in [0.25, 0.3) is 6.08 Å². The Bertz CT molecular complexity index is 483. The molecule has 2 unspecified atom stereocenters. The number of carboxylic acid groups (broad SMARTS) is 1. The maximum Gasteiger partial charge on any atom is 0.328 e. The predicted octanol–water partition coefficient (Wildman–Crippen LogP) is 2.80. The van der Waals surface area contributed by atoms with Gasteiger partial charge in [-0.25, -0.2) is 4.79 Å². The molecular weight excluding hydrogens is 276 g/mol. The lowest BCUT2D eigenvalue weighted by atomic mass is 10.1. The standard InChI is InChI=1S/C15H20O4S/c1-10(16)11(2)20-9-13-8-14(19-3)6-4-12(13)5-7-15(17)18/h4-8,10-11,16H,9H2,1-3H3,(H,17,18)/b7-5+. The number of thioether (sulfide) groups is 1. The summed E-state index contributed by atoms with van der Waals surface area (Å²) >= 11 is 1.62. The number of carboxylic acids is 1. The van der Waals surface area contributed by atoms with E-state index in [1.165, 1.54) is 0 Å². The van der Waals surface area contributed by atoms with Crippen LogP contribution in [0.5, 0.6) is 5.75 Å². The van der Waals surface area contributed by atoms with Crippen LogP contribution in [-0.4, -0.2) is 34.6 Å². The molecule has 0 aliphatic rings. The Kier molecular flexibility index (Phi) is 6.61. The fourth-order valence-electron chi connectivity index (χ4n) is 1.52. The van der Waals surface area contributed by atoms with E-state index in [0.29, 0.717) is 5.75 Å². The molecule has 0 saturated heterocycles. The van der Waals surface area contributed by atoms with E-state index in [9.17, 15) is 9.90 Å². The van der Waals surface area contributed by atoms with Crippen molar-refractivity contribution in [2.45, 2.75) is 31.0 Å². The molecule has 0 bridgehead atoms. The Morgan fingerprint density at radius 1 is 1.45 bits per heavy atom. The predicted molar refractivity (Wildman–Crippen MR) is 82.1 cm³/mol. The first-order valence-corrected chi connectivity index (χ1v) is 7.36. The highest BCUT2D eigenvalue weighted by Crippen LogP contribution is 2.26. The number of carbonyl (C=O) groups is 1. The molecule has 0 aliphatic carbocycles. The van der Waals surface area contributed by atoms with Gasteiger partial charge in [-0.15, -0.1) is 0 Å². The fraction of sp³-hybridized carbons (Fsp3) is 0.400. The number of aliphatic hydroxyl groups excluding tert-OH is 1. The minimum absolute atomic E-state index is 0.109. The summed E-state index contributed by atoms with van der Waals surface area (Å²) in [6, 6.07) is 5.53. The number of benzene rings is 1. The van der Waals surface area contributed by atoms with E-state index >= 15 is 0 Å². The number of rotatable bonds is 7. The lowest BCUT2D eigenvalue weighted by Gasteiger charge is -2.15. The van der Waals surface area contributed by atoms with Crippen LogP contribution in [0, 0.1) is 0 Å². The van der Waals surface area contributed by atoms with Gasteiger partial charge >= 0.3 is 5.97 Å². The summed E-state index contributed by atoms with van der Waals surface area (Å²) in [5, 5.41) is 18.3. The summed E-state index contributed by atoms with van der Waals surface area (Å²) in [6.07, 6.45) is 2.31. The monoisotopic (exact) mass is 296 g/mol. The molecule has 20 heavy (non-hydrogen) atoms. The largest absolute Gasteiger partial charge is 0.497 e. The summed E-state index contributed by atoms with van der Waals surface area (Å²) in [4.78, 5) is 10.6. The molecule has 0 heterocycles. The number of hydrogen-bond acceptors (Lipinski definition) is 4. The Morgan fingerprint density at radius 2 is 2.15 bits per heavy atom. The summed E-state index contributed by atoms with van der Waals surface area (Å²) in [5.41, 5.74) is 1.83. The zero-order chi connectivity index (χ0) is 15.1. The van der Waals surface area contributed by atoms with Crippen molar-refractivity contribution in [3.63, 3.8) is 0 Å². The van der Waals surface area contributed by atoms with Gasteiger partial charge in [0.15, 0.2) is 0 Å². The van der Waals surface area contributed by atoms with Crippen LogP contribution in [0.2, 0.25) is 0 Å².